The Hall–Kier alpha value is -1.78. The van der Waals surface area contributed by atoms with E-state index in [2.05, 4.69) is 10.0 Å². The fourth-order valence-electron chi connectivity index (χ4n) is 1.32. The first-order valence-electron chi connectivity index (χ1n) is 5.25. The second kappa shape index (κ2) is 6.23. The normalized spacial score (nSPS) is 10.7. The monoisotopic (exact) mass is 269 g/mol. The Labute approximate surface area is 107 Å². The summed E-state index contributed by atoms with van der Waals surface area (Å²) in [6.07, 6.45) is 0. The molecule has 98 valence electrons. The molecular weight excluding hydrogens is 254 g/mol. The maximum atomic E-state index is 11.2. The number of methoxy groups -OCH3 is 1. The third-order valence-electron chi connectivity index (χ3n) is 2.34. The fraction of sp³-hybridized carbons (Fsp3) is 0.364. The topological polar surface area (TPSA) is 91.2 Å². The SMILES string of the molecule is CNS(=O)(=O)CCNc1cc(OC)ccc1C#N. The number of ether oxygens (including phenoxy) is 1. The quantitative estimate of drug-likeness (QED) is 0.786. The zero-order valence-corrected chi connectivity index (χ0v) is 11.0. The summed E-state index contributed by atoms with van der Waals surface area (Å²) in [6.45, 7) is 0.213. The molecule has 0 aromatic heterocycles. The lowest BCUT2D eigenvalue weighted by atomic mass is 10.2. The van der Waals surface area contributed by atoms with Crippen LogP contribution in [0.4, 0.5) is 5.69 Å². The van der Waals surface area contributed by atoms with E-state index in [1.807, 2.05) is 6.07 Å². The Morgan fingerprint density at radius 3 is 2.72 bits per heavy atom. The number of rotatable bonds is 6. The number of nitrogens with zero attached hydrogens (tertiary/aromatic N) is 1. The molecule has 0 atom stereocenters. The molecule has 7 heteroatoms. The van der Waals surface area contributed by atoms with Gasteiger partial charge >= 0.3 is 0 Å². The highest BCUT2D eigenvalue weighted by molar-refractivity contribution is 7.89. The summed E-state index contributed by atoms with van der Waals surface area (Å²) >= 11 is 0. The van der Waals surface area contributed by atoms with Crippen LogP contribution >= 0.6 is 0 Å². The minimum Gasteiger partial charge on any atom is -0.497 e. The van der Waals surface area contributed by atoms with E-state index >= 15 is 0 Å². The first kappa shape index (κ1) is 14.3. The van der Waals surface area contributed by atoms with E-state index in [1.165, 1.54) is 14.2 Å². The first-order valence-corrected chi connectivity index (χ1v) is 6.91. The summed E-state index contributed by atoms with van der Waals surface area (Å²) in [5.74, 6) is 0.541. The number of nitrogens with one attached hydrogen (secondary N) is 2. The Balaban J connectivity index is 2.75. The highest BCUT2D eigenvalue weighted by atomic mass is 32.2. The predicted octanol–water partition coefficient (Wildman–Crippen LogP) is 0.528. The molecule has 0 bridgehead atoms. The van der Waals surface area contributed by atoms with Crippen molar-refractivity contribution in [2.75, 3.05) is 31.8 Å². The van der Waals surface area contributed by atoms with Crippen molar-refractivity contribution in [3.8, 4) is 11.8 Å². The number of anilines is 1. The Kier molecular flexibility index (Phi) is 4.95. The fourth-order valence-corrected chi connectivity index (χ4v) is 1.89. The standard InChI is InChI=1S/C11H15N3O3S/c1-13-18(15,16)6-5-14-11-7-10(17-2)4-3-9(11)8-12/h3-4,7,13-14H,5-6H2,1-2H3. The number of hydrogen-bond acceptors (Lipinski definition) is 5. The maximum absolute atomic E-state index is 11.2. The molecule has 1 aromatic carbocycles. The average Bonchev–Trinajstić information content (AvgIpc) is 2.38. The van der Waals surface area contributed by atoms with Gasteiger partial charge in [0.2, 0.25) is 10.0 Å². The van der Waals surface area contributed by atoms with E-state index in [4.69, 9.17) is 10.00 Å². The van der Waals surface area contributed by atoms with Crippen molar-refractivity contribution in [3.05, 3.63) is 23.8 Å². The maximum Gasteiger partial charge on any atom is 0.213 e. The molecule has 0 aliphatic rings. The van der Waals surface area contributed by atoms with Crippen LogP contribution in [0.15, 0.2) is 18.2 Å². The Morgan fingerprint density at radius 2 is 2.17 bits per heavy atom. The predicted molar refractivity (Wildman–Crippen MR) is 69.0 cm³/mol. The molecule has 0 aliphatic carbocycles. The smallest absolute Gasteiger partial charge is 0.213 e. The van der Waals surface area contributed by atoms with Crippen molar-refractivity contribution < 1.29 is 13.2 Å². The zero-order chi connectivity index (χ0) is 13.6. The van der Waals surface area contributed by atoms with Gasteiger partial charge in [0.25, 0.3) is 0 Å². The second-order valence-corrected chi connectivity index (χ2v) is 5.52. The van der Waals surface area contributed by atoms with Crippen molar-refractivity contribution in [3.63, 3.8) is 0 Å². The minimum absolute atomic E-state index is 0.0639. The van der Waals surface area contributed by atoms with Gasteiger partial charge in [-0.2, -0.15) is 5.26 Å². The summed E-state index contributed by atoms with van der Waals surface area (Å²) in [5, 5.41) is 11.8. The van der Waals surface area contributed by atoms with Crippen LogP contribution in [0.2, 0.25) is 0 Å². The molecule has 18 heavy (non-hydrogen) atoms. The van der Waals surface area contributed by atoms with Crippen LogP contribution in [0.1, 0.15) is 5.56 Å². The lowest BCUT2D eigenvalue weighted by Gasteiger charge is -2.10. The molecular formula is C11H15N3O3S. The van der Waals surface area contributed by atoms with Gasteiger partial charge in [0, 0.05) is 12.6 Å². The van der Waals surface area contributed by atoms with Crippen LogP contribution in [-0.4, -0.2) is 34.9 Å². The van der Waals surface area contributed by atoms with Gasteiger partial charge in [0.05, 0.1) is 24.1 Å². The van der Waals surface area contributed by atoms with E-state index in [-0.39, 0.29) is 12.3 Å². The lowest BCUT2D eigenvalue weighted by molar-refractivity contribution is 0.415. The highest BCUT2D eigenvalue weighted by Crippen LogP contribution is 2.21. The van der Waals surface area contributed by atoms with E-state index < -0.39 is 10.0 Å². The van der Waals surface area contributed by atoms with E-state index in [0.29, 0.717) is 17.0 Å². The van der Waals surface area contributed by atoms with Crippen LogP contribution in [0.3, 0.4) is 0 Å². The van der Waals surface area contributed by atoms with Crippen LogP contribution in [0, 0.1) is 11.3 Å². The summed E-state index contributed by atoms with van der Waals surface area (Å²) < 4.78 is 29.7. The van der Waals surface area contributed by atoms with Crippen LogP contribution in [0.5, 0.6) is 5.75 Å². The molecule has 0 spiro atoms. The molecule has 0 aliphatic heterocycles. The van der Waals surface area contributed by atoms with Gasteiger partial charge in [0.1, 0.15) is 11.8 Å². The van der Waals surface area contributed by atoms with E-state index in [1.54, 1.807) is 18.2 Å². The number of nitriles is 1. The molecule has 6 nitrogen and oxygen atoms in total. The third-order valence-corrected chi connectivity index (χ3v) is 3.71. The minimum atomic E-state index is -3.25. The van der Waals surface area contributed by atoms with Crippen molar-refractivity contribution in [2.24, 2.45) is 0 Å². The second-order valence-electron chi connectivity index (χ2n) is 3.47. The molecule has 0 saturated carbocycles. The number of benzene rings is 1. The van der Waals surface area contributed by atoms with Gasteiger partial charge in [-0.05, 0) is 19.2 Å². The van der Waals surface area contributed by atoms with E-state index in [9.17, 15) is 8.42 Å². The highest BCUT2D eigenvalue weighted by Gasteiger charge is 2.08. The molecule has 0 unspecified atom stereocenters. The Morgan fingerprint density at radius 1 is 1.44 bits per heavy atom. The van der Waals surface area contributed by atoms with Gasteiger partial charge < -0.3 is 10.1 Å². The first-order chi connectivity index (χ1) is 8.52. The molecule has 2 N–H and O–H groups in total. The summed E-state index contributed by atoms with van der Waals surface area (Å²) in [7, 11) is -0.364. The van der Waals surface area contributed by atoms with Crippen LogP contribution < -0.4 is 14.8 Å². The molecule has 0 amide bonds. The van der Waals surface area contributed by atoms with Crippen LogP contribution in [0.25, 0.3) is 0 Å². The van der Waals surface area contributed by atoms with Crippen molar-refractivity contribution >= 4 is 15.7 Å². The summed E-state index contributed by atoms with van der Waals surface area (Å²) in [4.78, 5) is 0. The molecule has 0 radical (unpaired) electrons. The largest absolute Gasteiger partial charge is 0.497 e. The molecule has 0 heterocycles. The summed E-state index contributed by atoms with van der Waals surface area (Å²) in [6, 6.07) is 6.98. The van der Waals surface area contributed by atoms with Crippen molar-refractivity contribution in [1.82, 2.24) is 4.72 Å². The molecule has 0 fully saturated rings. The molecule has 0 saturated heterocycles. The van der Waals surface area contributed by atoms with Gasteiger partial charge in [0.15, 0.2) is 0 Å². The number of sulfonamides is 1. The van der Waals surface area contributed by atoms with Gasteiger partial charge in [-0.15, -0.1) is 0 Å². The average molecular weight is 269 g/mol. The zero-order valence-electron chi connectivity index (χ0n) is 10.2. The van der Waals surface area contributed by atoms with Gasteiger partial charge in [-0.1, -0.05) is 0 Å². The third kappa shape index (κ3) is 3.91. The number of hydrogen-bond donors (Lipinski definition) is 2. The van der Waals surface area contributed by atoms with Gasteiger partial charge in [-0.3, -0.25) is 0 Å². The molecule has 1 rings (SSSR count). The summed E-state index contributed by atoms with van der Waals surface area (Å²) in [5.41, 5.74) is 1.00. The van der Waals surface area contributed by atoms with Crippen molar-refractivity contribution in [1.29, 1.82) is 5.26 Å². The molecule has 1 aromatic rings. The lowest BCUT2D eigenvalue weighted by Crippen LogP contribution is -2.26. The van der Waals surface area contributed by atoms with Crippen molar-refractivity contribution in [2.45, 2.75) is 0 Å². The van der Waals surface area contributed by atoms with Crippen LogP contribution in [-0.2, 0) is 10.0 Å². The Bertz CT molecular complexity index is 549. The van der Waals surface area contributed by atoms with Gasteiger partial charge in [-0.25, -0.2) is 13.1 Å². The van der Waals surface area contributed by atoms with E-state index in [0.717, 1.165) is 0 Å².